The van der Waals surface area contributed by atoms with Crippen LogP contribution in [-0.4, -0.2) is 23.4 Å². The van der Waals surface area contributed by atoms with Crippen molar-refractivity contribution in [3.63, 3.8) is 0 Å². The maximum Gasteiger partial charge on any atom is 0.0470 e. The molecule has 0 saturated heterocycles. The molecule has 3 rings (SSSR count). The van der Waals surface area contributed by atoms with Crippen LogP contribution in [0.15, 0.2) is 36.5 Å². The van der Waals surface area contributed by atoms with Gasteiger partial charge in [0.25, 0.3) is 0 Å². The molecule has 0 heterocycles. The van der Waals surface area contributed by atoms with Crippen molar-refractivity contribution in [1.29, 1.82) is 0 Å². The lowest BCUT2D eigenvalue weighted by Crippen LogP contribution is -2.45. The molecule has 2 nitrogen and oxygen atoms in total. The summed E-state index contributed by atoms with van der Waals surface area (Å²) in [5.74, 6) is 2.52. The van der Waals surface area contributed by atoms with E-state index in [2.05, 4.69) is 74.6 Å². The van der Waals surface area contributed by atoms with Crippen molar-refractivity contribution in [1.82, 2.24) is 0 Å². The predicted octanol–water partition coefficient (Wildman–Crippen LogP) is 6.80. The Kier molecular flexibility index (Phi) is 8.99. The van der Waals surface area contributed by atoms with Crippen molar-refractivity contribution in [2.24, 2.45) is 39.9 Å². The van der Waals surface area contributed by atoms with E-state index in [1.807, 2.05) is 6.08 Å². The lowest BCUT2D eigenvalue weighted by atomic mass is 9.55. The molecule has 2 N–H and O–H groups in total. The molecule has 29 heavy (non-hydrogen) atoms. The van der Waals surface area contributed by atoms with E-state index in [1.165, 1.54) is 18.4 Å². The summed E-state index contributed by atoms with van der Waals surface area (Å²) in [6, 6.07) is 0. The highest BCUT2D eigenvalue weighted by Gasteiger charge is 2.45. The highest BCUT2D eigenvalue weighted by molar-refractivity contribution is 5.23. The Balaban J connectivity index is 0.000000218. The molecular formula is C27H48O2. The third-order valence-corrected chi connectivity index (χ3v) is 8.85. The topological polar surface area (TPSA) is 40.5 Å². The van der Waals surface area contributed by atoms with E-state index >= 15 is 0 Å². The van der Waals surface area contributed by atoms with Gasteiger partial charge in [0.15, 0.2) is 0 Å². The van der Waals surface area contributed by atoms with Gasteiger partial charge in [0.2, 0.25) is 0 Å². The van der Waals surface area contributed by atoms with Gasteiger partial charge in [-0.2, -0.15) is 0 Å². The summed E-state index contributed by atoms with van der Waals surface area (Å²) in [5.41, 5.74) is 3.94. The van der Waals surface area contributed by atoms with Crippen LogP contribution in [0.2, 0.25) is 0 Å². The third kappa shape index (κ3) is 5.25. The highest BCUT2D eigenvalue weighted by atomic mass is 16.3. The Morgan fingerprint density at radius 3 is 1.72 bits per heavy atom. The summed E-state index contributed by atoms with van der Waals surface area (Å²) >= 11 is 0. The average Bonchev–Trinajstić information content (AvgIpc) is 2.66. The molecule has 3 aliphatic rings. The maximum atomic E-state index is 8.90. The minimum atomic E-state index is 0.203. The molecule has 0 bridgehead atoms. The summed E-state index contributed by atoms with van der Waals surface area (Å²) in [6.07, 6.45) is 9.11. The predicted molar refractivity (Wildman–Crippen MR) is 127 cm³/mol. The fourth-order valence-electron chi connectivity index (χ4n) is 5.09. The summed E-state index contributed by atoms with van der Waals surface area (Å²) in [7, 11) is 0. The number of aliphatic hydroxyl groups is 2. The molecule has 168 valence electrons. The quantitative estimate of drug-likeness (QED) is 0.506. The van der Waals surface area contributed by atoms with Crippen molar-refractivity contribution in [2.45, 2.75) is 81.1 Å². The molecule has 0 radical (unpaired) electrons. The summed E-state index contributed by atoms with van der Waals surface area (Å²) in [6.45, 7) is 26.1. The van der Waals surface area contributed by atoms with Crippen LogP contribution in [0.25, 0.3) is 0 Å². The molecule has 4 unspecified atom stereocenters. The number of aliphatic hydroxyl groups excluding tert-OH is 2. The molecule has 0 aromatic rings. The van der Waals surface area contributed by atoms with Gasteiger partial charge in [-0.3, -0.25) is 0 Å². The van der Waals surface area contributed by atoms with Gasteiger partial charge < -0.3 is 10.2 Å². The van der Waals surface area contributed by atoms with Crippen molar-refractivity contribution < 1.29 is 10.2 Å². The van der Waals surface area contributed by atoms with Gasteiger partial charge in [-0.15, -0.1) is 6.58 Å². The first kappa shape index (κ1) is 26.2. The van der Waals surface area contributed by atoms with E-state index in [1.54, 1.807) is 5.57 Å². The van der Waals surface area contributed by atoms with E-state index in [-0.39, 0.29) is 10.8 Å². The molecule has 3 fully saturated rings. The first-order valence-corrected chi connectivity index (χ1v) is 11.5. The lowest BCUT2D eigenvalue weighted by Gasteiger charge is -2.50. The fourth-order valence-corrected chi connectivity index (χ4v) is 5.09. The zero-order valence-corrected chi connectivity index (χ0v) is 20.5. The van der Waals surface area contributed by atoms with Crippen LogP contribution in [0.5, 0.6) is 0 Å². The second kappa shape index (κ2) is 9.96. The Morgan fingerprint density at radius 2 is 1.48 bits per heavy atom. The van der Waals surface area contributed by atoms with Crippen LogP contribution in [0, 0.1) is 39.9 Å². The van der Waals surface area contributed by atoms with Gasteiger partial charge in [0, 0.05) is 13.2 Å². The highest BCUT2D eigenvalue weighted by Crippen LogP contribution is 2.52. The monoisotopic (exact) mass is 404 g/mol. The standard InChI is InChI=1S/C10H18.C9H16O.C8H14O/c1-5-8-7-9(6-2)10(8,3)4;1-4-7-5-8(6-10)9(7,2)3;1-6-4-7(5-9)8(6,2)3/h5,9H,6-7H2,1-4H3;4,7-8,10H,1,5-6H2,2-3H3;7,9H,1,4-5H2,2-3H3. The minimum absolute atomic E-state index is 0.203. The zero-order chi connectivity index (χ0) is 22.6. The van der Waals surface area contributed by atoms with E-state index in [0.29, 0.717) is 36.4 Å². The van der Waals surface area contributed by atoms with Gasteiger partial charge in [0.05, 0.1) is 0 Å². The number of rotatable bonds is 4. The first-order valence-electron chi connectivity index (χ1n) is 11.5. The van der Waals surface area contributed by atoms with Crippen LogP contribution < -0.4 is 0 Å². The molecule has 0 aromatic carbocycles. The van der Waals surface area contributed by atoms with Gasteiger partial charge in [0.1, 0.15) is 0 Å². The fraction of sp³-hybridized carbons (Fsp3) is 0.778. The van der Waals surface area contributed by atoms with E-state index < -0.39 is 0 Å². The SMILES string of the molecule is C=C1CC(CO)C1(C)C.C=CC1CC(CO)C1(C)C.CC=C1CC(CC)C1(C)C. The Labute approximate surface area is 181 Å². The summed E-state index contributed by atoms with van der Waals surface area (Å²) in [5, 5.41) is 17.7. The molecule has 0 aromatic heterocycles. The second-order valence-electron chi connectivity index (χ2n) is 11.0. The van der Waals surface area contributed by atoms with Gasteiger partial charge >= 0.3 is 0 Å². The molecule has 0 amide bonds. The molecule has 3 saturated carbocycles. The van der Waals surface area contributed by atoms with Gasteiger partial charge in [-0.1, -0.05) is 84.8 Å². The lowest BCUT2D eigenvalue weighted by molar-refractivity contribution is -0.0258. The van der Waals surface area contributed by atoms with Crippen LogP contribution in [0.3, 0.4) is 0 Å². The van der Waals surface area contributed by atoms with Gasteiger partial charge in [-0.25, -0.2) is 0 Å². The zero-order valence-electron chi connectivity index (χ0n) is 20.5. The van der Waals surface area contributed by atoms with E-state index in [9.17, 15) is 0 Å². The molecule has 3 aliphatic carbocycles. The molecule has 4 atom stereocenters. The number of hydrogen-bond acceptors (Lipinski definition) is 2. The average molecular weight is 405 g/mol. The van der Waals surface area contributed by atoms with Gasteiger partial charge in [-0.05, 0) is 66.1 Å². The number of allylic oxidation sites excluding steroid dienone is 4. The van der Waals surface area contributed by atoms with Crippen LogP contribution in [-0.2, 0) is 0 Å². The molecule has 2 heteroatoms. The van der Waals surface area contributed by atoms with E-state index in [4.69, 9.17) is 10.2 Å². The summed E-state index contributed by atoms with van der Waals surface area (Å²) in [4.78, 5) is 0. The minimum Gasteiger partial charge on any atom is -0.396 e. The van der Waals surface area contributed by atoms with Crippen molar-refractivity contribution in [3.8, 4) is 0 Å². The molecular weight excluding hydrogens is 356 g/mol. The summed E-state index contributed by atoms with van der Waals surface area (Å²) < 4.78 is 0. The Bertz CT molecular complexity index is 594. The molecule has 0 spiro atoms. The number of hydrogen-bond donors (Lipinski definition) is 2. The smallest absolute Gasteiger partial charge is 0.0470 e. The maximum absolute atomic E-state index is 8.90. The van der Waals surface area contributed by atoms with Crippen molar-refractivity contribution in [2.75, 3.05) is 13.2 Å². The van der Waals surface area contributed by atoms with Crippen molar-refractivity contribution in [3.05, 3.63) is 36.5 Å². The Morgan fingerprint density at radius 1 is 0.931 bits per heavy atom. The van der Waals surface area contributed by atoms with Crippen LogP contribution in [0.4, 0.5) is 0 Å². The van der Waals surface area contributed by atoms with Crippen LogP contribution >= 0.6 is 0 Å². The van der Waals surface area contributed by atoms with Crippen molar-refractivity contribution >= 4 is 0 Å². The first-order chi connectivity index (χ1) is 13.3. The molecule has 0 aliphatic heterocycles. The Hall–Kier alpha value is -0.860. The normalized spacial score (nSPS) is 34.3. The largest absolute Gasteiger partial charge is 0.396 e. The third-order valence-electron chi connectivity index (χ3n) is 8.85. The van der Waals surface area contributed by atoms with E-state index in [0.717, 1.165) is 18.8 Å². The van der Waals surface area contributed by atoms with Crippen LogP contribution in [0.1, 0.15) is 81.1 Å². The second-order valence-corrected chi connectivity index (χ2v) is 11.0.